The van der Waals surface area contributed by atoms with Gasteiger partial charge in [0.15, 0.2) is 18.1 Å². The number of hydrogen-bond acceptors (Lipinski definition) is 6. The Hall–Kier alpha value is -2.68. The van der Waals surface area contributed by atoms with Crippen LogP contribution in [0.2, 0.25) is 0 Å². The van der Waals surface area contributed by atoms with Crippen LogP contribution in [0.3, 0.4) is 0 Å². The Balaban J connectivity index is 1.54. The third-order valence-electron chi connectivity index (χ3n) is 3.76. The number of ether oxygens (including phenoxy) is 3. The van der Waals surface area contributed by atoms with Crippen LogP contribution in [0.4, 0.5) is 14.5 Å². The van der Waals surface area contributed by atoms with Crippen LogP contribution < -0.4 is 14.8 Å². The SMILES string of the molecule is CCCc1cc(C(=O)OCC(=O)Nc2ccc3c(c2)OC(F)(F)O3)sc1C. The first-order valence-electron chi connectivity index (χ1n) is 8.23. The number of aryl methyl sites for hydroxylation is 2. The minimum absolute atomic E-state index is 0.125. The topological polar surface area (TPSA) is 73.9 Å². The number of thiophene rings is 1. The maximum Gasteiger partial charge on any atom is 0.586 e. The van der Waals surface area contributed by atoms with Crippen LogP contribution in [0, 0.1) is 6.92 Å². The lowest BCUT2D eigenvalue weighted by atomic mass is 10.1. The number of nitrogens with one attached hydrogen (secondary N) is 1. The van der Waals surface area contributed by atoms with Crippen molar-refractivity contribution in [2.75, 3.05) is 11.9 Å². The van der Waals surface area contributed by atoms with Crippen LogP contribution in [0.25, 0.3) is 0 Å². The van der Waals surface area contributed by atoms with E-state index < -0.39 is 24.8 Å². The van der Waals surface area contributed by atoms with E-state index in [1.54, 1.807) is 6.07 Å². The highest BCUT2D eigenvalue weighted by atomic mass is 32.1. The van der Waals surface area contributed by atoms with Crippen molar-refractivity contribution in [1.29, 1.82) is 0 Å². The van der Waals surface area contributed by atoms with Crippen LogP contribution in [-0.2, 0) is 16.0 Å². The molecule has 9 heteroatoms. The summed E-state index contributed by atoms with van der Waals surface area (Å²) in [5.41, 5.74) is 1.31. The van der Waals surface area contributed by atoms with Crippen molar-refractivity contribution in [2.24, 2.45) is 0 Å². The summed E-state index contributed by atoms with van der Waals surface area (Å²) in [6.45, 7) is 3.49. The number of carbonyl (C=O) groups is 2. The zero-order valence-corrected chi connectivity index (χ0v) is 15.5. The normalized spacial score (nSPS) is 14.1. The molecule has 0 bridgehead atoms. The summed E-state index contributed by atoms with van der Waals surface area (Å²) < 4.78 is 39.6. The number of hydrogen-bond donors (Lipinski definition) is 1. The smallest absolute Gasteiger partial charge is 0.451 e. The van der Waals surface area contributed by atoms with Crippen molar-refractivity contribution < 1.29 is 32.6 Å². The minimum Gasteiger partial charge on any atom is -0.451 e. The van der Waals surface area contributed by atoms with Gasteiger partial charge in [0.05, 0.1) is 0 Å². The van der Waals surface area contributed by atoms with Crippen LogP contribution >= 0.6 is 11.3 Å². The van der Waals surface area contributed by atoms with Gasteiger partial charge >= 0.3 is 12.3 Å². The van der Waals surface area contributed by atoms with Gasteiger partial charge in [-0.1, -0.05) is 13.3 Å². The Morgan fingerprint density at radius 1 is 1.22 bits per heavy atom. The molecule has 0 unspecified atom stereocenters. The quantitative estimate of drug-likeness (QED) is 0.742. The molecule has 0 aliphatic carbocycles. The van der Waals surface area contributed by atoms with E-state index in [1.165, 1.54) is 29.5 Å². The molecule has 1 aliphatic heterocycles. The molecular weight excluding hydrogens is 380 g/mol. The molecule has 144 valence electrons. The minimum atomic E-state index is -3.73. The van der Waals surface area contributed by atoms with Crippen molar-refractivity contribution in [3.05, 3.63) is 39.6 Å². The summed E-state index contributed by atoms with van der Waals surface area (Å²) in [4.78, 5) is 25.5. The summed E-state index contributed by atoms with van der Waals surface area (Å²) >= 11 is 1.32. The van der Waals surface area contributed by atoms with E-state index in [0.29, 0.717) is 4.88 Å². The first kappa shape index (κ1) is 19.1. The molecular formula is C18H17F2NO5S. The van der Waals surface area contributed by atoms with Gasteiger partial charge in [0.2, 0.25) is 0 Å². The summed E-state index contributed by atoms with van der Waals surface area (Å²) in [7, 11) is 0. The molecule has 2 heterocycles. The van der Waals surface area contributed by atoms with E-state index in [9.17, 15) is 18.4 Å². The number of alkyl halides is 2. The molecule has 2 aromatic rings. The molecule has 1 N–H and O–H groups in total. The Labute approximate surface area is 158 Å². The molecule has 3 rings (SSSR count). The van der Waals surface area contributed by atoms with Crippen molar-refractivity contribution in [2.45, 2.75) is 33.0 Å². The zero-order valence-electron chi connectivity index (χ0n) is 14.6. The van der Waals surface area contributed by atoms with Crippen molar-refractivity contribution in [3.63, 3.8) is 0 Å². The third-order valence-corrected chi connectivity index (χ3v) is 4.83. The highest BCUT2D eigenvalue weighted by Crippen LogP contribution is 2.42. The van der Waals surface area contributed by atoms with Crippen molar-refractivity contribution in [3.8, 4) is 11.5 Å². The van der Waals surface area contributed by atoms with Crippen LogP contribution in [0.1, 0.15) is 33.5 Å². The summed E-state index contributed by atoms with van der Waals surface area (Å²) in [5, 5.41) is 2.45. The lowest BCUT2D eigenvalue weighted by molar-refractivity contribution is -0.286. The second kappa shape index (κ2) is 7.51. The fourth-order valence-electron chi connectivity index (χ4n) is 2.56. The summed E-state index contributed by atoms with van der Waals surface area (Å²) in [6, 6.07) is 5.61. The molecule has 0 saturated heterocycles. The molecule has 1 amide bonds. The molecule has 0 radical (unpaired) electrons. The van der Waals surface area contributed by atoms with Gasteiger partial charge in [0.25, 0.3) is 5.91 Å². The number of carbonyl (C=O) groups excluding carboxylic acids is 2. The van der Waals surface area contributed by atoms with Crippen LogP contribution in [-0.4, -0.2) is 24.8 Å². The number of fused-ring (bicyclic) bond motifs is 1. The number of esters is 1. The molecule has 0 fully saturated rings. The molecule has 1 aromatic carbocycles. The first-order valence-corrected chi connectivity index (χ1v) is 9.05. The Morgan fingerprint density at radius 2 is 1.96 bits per heavy atom. The van der Waals surface area contributed by atoms with E-state index in [-0.39, 0.29) is 17.2 Å². The largest absolute Gasteiger partial charge is 0.586 e. The van der Waals surface area contributed by atoms with E-state index >= 15 is 0 Å². The van der Waals surface area contributed by atoms with E-state index in [1.807, 2.05) is 6.92 Å². The highest BCUT2D eigenvalue weighted by Gasteiger charge is 2.43. The van der Waals surface area contributed by atoms with E-state index in [4.69, 9.17) is 4.74 Å². The molecule has 1 aliphatic rings. The van der Waals surface area contributed by atoms with Gasteiger partial charge in [0, 0.05) is 16.6 Å². The average Bonchev–Trinajstić information content (AvgIpc) is 3.11. The van der Waals surface area contributed by atoms with Crippen molar-refractivity contribution >= 4 is 28.9 Å². The average molecular weight is 397 g/mol. The van der Waals surface area contributed by atoms with Crippen LogP contribution in [0.15, 0.2) is 24.3 Å². The maximum absolute atomic E-state index is 13.0. The van der Waals surface area contributed by atoms with Gasteiger partial charge < -0.3 is 19.5 Å². The highest BCUT2D eigenvalue weighted by molar-refractivity contribution is 7.14. The fraction of sp³-hybridized carbons (Fsp3) is 0.333. The van der Waals surface area contributed by atoms with Gasteiger partial charge in [-0.05, 0) is 37.1 Å². The molecule has 0 atom stereocenters. The number of benzene rings is 1. The number of halogens is 2. The van der Waals surface area contributed by atoms with E-state index in [2.05, 4.69) is 21.7 Å². The van der Waals surface area contributed by atoms with Crippen LogP contribution in [0.5, 0.6) is 11.5 Å². The molecule has 6 nitrogen and oxygen atoms in total. The second-order valence-electron chi connectivity index (χ2n) is 5.90. The monoisotopic (exact) mass is 397 g/mol. The van der Waals surface area contributed by atoms with Gasteiger partial charge in [-0.15, -0.1) is 20.1 Å². The van der Waals surface area contributed by atoms with Gasteiger partial charge in [-0.3, -0.25) is 4.79 Å². The second-order valence-corrected chi connectivity index (χ2v) is 7.15. The number of anilines is 1. The standard InChI is InChI=1S/C18H17F2NO5S/c1-3-4-11-7-15(27-10(11)2)17(23)24-9-16(22)21-12-5-6-13-14(8-12)26-18(19,20)25-13/h5-8H,3-4,9H2,1-2H3,(H,21,22). The first-order chi connectivity index (χ1) is 12.8. The fourth-order valence-corrected chi connectivity index (χ4v) is 3.53. The lowest BCUT2D eigenvalue weighted by Gasteiger charge is -2.06. The predicted octanol–water partition coefficient (Wildman–Crippen LogP) is 4.13. The maximum atomic E-state index is 13.0. The lowest BCUT2D eigenvalue weighted by Crippen LogP contribution is -2.25. The molecule has 0 spiro atoms. The van der Waals surface area contributed by atoms with Gasteiger partial charge in [-0.25, -0.2) is 4.79 Å². The summed E-state index contributed by atoms with van der Waals surface area (Å²) in [5.74, 6) is -1.49. The van der Waals surface area contributed by atoms with Gasteiger partial charge in [0.1, 0.15) is 4.88 Å². The molecule has 27 heavy (non-hydrogen) atoms. The number of rotatable bonds is 6. The van der Waals surface area contributed by atoms with E-state index in [0.717, 1.165) is 23.3 Å². The van der Waals surface area contributed by atoms with Crippen molar-refractivity contribution in [1.82, 2.24) is 0 Å². The zero-order chi connectivity index (χ0) is 19.6. The molecule has 1 aromatic heterocycles. The number of amides is 1. The Bertz CT molecular complexity index is 881. The third kappa shape index (κ3) is 4.54. The summed E-state index contributed by atoms with van der Waals surface area (Å²) in [6.07, 6.45) is -1.88. The van der Waals surface area contributed by atoms with Gasteiger partial charge in [-0.2, -0.15) is 0 Å². The Kier molecular flexibility index (Phi) is 5.31. The Morgan fingerprint density at radius 3 is 2.70 bits per heavy atom. The predicted molar refractivity (Wildman–Crippen MR) is 94.6 cm³/mol. The molecule has 0 saturated carbocycles.